The fourth-order valence-corrected chi connectivity index (χ4v) is 3.27. The van der Waals surface area contributed by atoms with Crippen LogP contribution in [0.3, 0.4) is 0 Å². The minimum absolute atomic E-state index is 0.00154. The van der Waals surface area contributed by atoms with E-state index in [-0.39, 0.29) is 30.7 Å². The molecular formula is C20H14F3N3O2. The molecule has 0 unspecified atom stereocenters. The van der Waals surface area contributed by atoms with Crippen molar-refractivity contribution in [3.63, 3.8) is 0 Å². The van der Waals surface area contributed by atoms with E-state index in [0.717, 1.165) is 12.1 Å². The second-order valence-corrected chi connectivity index (χ2v) is 6.48. The molecule has 28 heavy (non-hydrogen) atoms. The zero-order valence-corrected chi connectivity index (χ0v) is 14.5. The van der Waals surface area contributed by atoms with Crippen molar-refractivity contribution >= 4 is 27.6 Å². The van der Waals surface area contributed by atoms with Gasteiger partial charge < -0.3 is 4.57 Å². The first-order valence-electron chi connectivity index (χ1n) is 8.55. The number of rotatable bonds is 5. The number of nitrogens with zero attached hydrogens (tertiary/aromatic N) is 2. The van der Waals surface area contributed by atoms with Gasteiger partial charge in [-0.05, 0) is 29.8 Å². The molecule has 0 aliphatic rings. The second-order valence-electron chi connectivity index (χ2n) is 6.48. The van der Waals surface area contributed by atoms with E-state index >= 15 is 0 Å². The molecule has 142 valence electrons. The van der Waals surface area contributed by atoms with Crippen molar-refractivity contribution in [2.75, 3.05) is 0 Å². The maximum Gasteiger partial charge on any atom is 0.262 e. The number of carbonyl (C=O) groups excluding carboxylic acids is 1. The van der Waals surface area contributed by atoms with Gasteiger partial charge in [0.25, 0.3) is 5.56 Å². The van der Waals surface area contributed by atoms with Crippen LogP contribution in [0.15, 0.2) is 47.4 Å². The minimum atomic E-state index is -0.794. The van der Waals surface area contributed by atoms with Crippen molar-refractivity contribution in [3.8, 4) is 0 Å². The Hall–Kier alpha value is -3.42. The van der Waals surface area contributed by atoms with Crippen LogP contribution in [0.5, 0.6) is 0 Å². The molecule has 4 aromatic rings. The highest BCUT2D eigenvalue weighted by molar-refractivity contribution is 6.02. The van der Waals surface area contributed by atoms with E-state index in [0.29, 0.717) is 21.8 Å². The summed E-state index contributed by atoms with van der Waals surface area (Å²) in [5, 5.41) is 7.54. The van der Waals surface area contributed by atoms with Gasteiger partial charge >= 0.3 is 0 Å². The monoisotopic (exact) mass is 385 g/mol. The third kappa shape index (κ3) is 3.17. The Morgan fingerprint density at radius 2 is 1.79 bits per heavy atom. The topological polar surface area (TPSA) is 67.8 Å². The Balaban J connectivity index is 1.65. The standard InChI is InChI=1S/C20H14F3N3O2/c21-12-2-1-11(17(23)8-12)7-14(27)5-6-26-18-9-13(22)3-4-15(18)19-16(20(26)28)10-24-25-19/h1-4,8-10H,5-7H2,(H,24,25). The number of aromatic nitrogens is 3. The Labute approximate surface area is 156 Å². The first kappa shape index (κ1) is 18.0. The zero-order valence-electron chi connectivity index (χ0n) is 14.5. The maximum absolute atomic E-state index is 13.8. The van der Waals surface area contributed by atoms with E-state index in [4.69, 9.17) is 0 Å². The summed E-state index contributed by atoms with van der Waals surface area (Å²) in [4.78, 5) is 25.0. The number of hydrogen-bond acceptors (Lipinski definition) is 3. The molecule has 0 atom stereocenters. The van der Waals surface area contributed by atoms with E-state index in [2.05, 4.69) is 10.2 Å². The number of nitrogens with one attached hydrogen (secondary N) is 1. The molecule has 2 aromatic carbocycles. The summed E-state index contributed by atoms with van der Waals surface area (Å²) in [5.41, 5.74) is 0.515. The summed E-state index contributed by atoms with van der Waals surface area (Å²) in [6.45, 7) is 0.00154. The number of aryl methyl sites for hydroxylation is 1. The minimum Gasteiger partial charge on any atom is -0.307 e. The van der Waals surface area contributed by atoms with Gasteiger partial charge in [0, 0.05) is 30.8 Å². The van der Waals surface area contributed by atoms with Crippen LogP contribution in [0.25, 0.3) is 21.8 Å². The summed E-state index contributed by atoms with van der Waals surface area (Å²) in [5.74, 6) is -2.35. The number of hydrogen-bond donors (Lipinski definition) is 1. The van der Waals surface area contributed by atoms with Crippen LogP contribution in [-0.2, 0) is 17.8 Å². The molecule has 1 N–H and O–H groups in total. The van der Waals surface area contributed by atoms with Gasteiger partial charge in [0.1, 0.15) is 23.2 Å². The van der Waals surface area contributed by atoms with E-state index in [1.165, 1.54) is 35.0 Å². The maximum atomic E-state index is 13.8. The molecule has 0 fully saturated rings. The average Bonchev–Trinajstić information content (AvgIpc) is 3.14. The van der Waals surface area contributed by atoms with Crippen molar-refractivity contribution in [2.45, 2.75) is 19.4 Å². The highest BCUT2D eigenvalue weighted by atomic mass is 19.1. The Morgan fingerprint density at radius 1 is 1.04 bits per heavy atom. The average molecular weight is 385 g/mol. The molecule has 5 nitrogen and oxygen atoms in total. The Morgan fingerprint density at radius 3 is 2.57 bits per heavy atom. The SMILES string of the molecule is O=C(CCn1c(=O)c2cn[nH]c2c2ccc(F)cc21)Cc1ccc(F)cc1F. The van der Waals surface area contributed by atoms with Gasteiger partial charge in [0.2, 0.25) is 0 Å². The van der Waals surface area contributed by atoms with E-state index in [1.54, 1.807) is 0 Å². The predicted molar refractivity (Wildman–Crippen MR) is 97.5 cm³/mol. The van der Waals surface area contributed by atoms with Gasteiger partial charge in [0.05, 0.1) is 22.6 Å². The third-order valence-electron chi connectivity index (χ3n) is 4.65. The molecule has 0 saturated heterocycles. The van der Waals surface area contributed by atoms with E-state index in [1.807, 2.05) is 0 Å². The van der Waals surface area contributed by atoms with Gasteiger partial charge in [-0.3, -0.25) is 14.7 Å². The van der Waals surface area contributed by atoms with Gasteiger partial charge in [-0.15, -0.1) is 0 Å². The summed E-state index contributed by atoms with van der Waals surface area (Å²) < 4.78 is 41.8. The molecule has 0 spiro atoms. The zero-order chi connectivity index (χ0) is 19.8. The van der Waals surface area contributed by atoms with Crippen LogP contribution in [0.2, 0.25) is 0 Å². The van der Waals surface area contributed by atoms with Crippen LogP contribution < -0.4 is 5.56 Å². The number of ketones is 1. The van der Waals surface area contributed by atoms with Crippen LogP contribution in [0.1, 0.15) is 12.0 Å². The number of aromatic amines is 1. The first-order chi connectivity index (χ1) is 13.4. The Kier molecular flexibility index (Phi) is 4.46. The lowest BCUT2D eigenvalue weighted by Gasteiger charge is -2.11. The number of pyridine rings is 1. The molecule has 2 aromatic heterocycles. The largest absolute Gasteiger partial charge is 0.307 e. The van der Waals surface area contributed by atoms with Crippen molar-refractivity contribution < 1.29 is 18.0 Å². The smallest absolute Gasteiger partial charge is 0.262 e. The van der Waals surface area contributed by atoms with Crippen LogP contribution in [0, 0.1) is 17.5 Å². The van der Waals surface area contributed by atoms with Gasteiger partial charge in [0.15, 0.2) is 0 Å². The number of fused-ring (bicyclic) bond motifs is 3. The molecule has 8 heteroatoms. The molecule has 0 aliphatic carbocycles. The first-order valence-corrected chi connectivity index (χ1v) is 8.55. The number of halogens is 3. The third-order valence-corrected chi connectivity index (χ3v) is 4.65. The highest BCUT2D eigenvalue weighted by Gasteiger charge is 2.15. The molecule has 0 aliphatic heterocycles. The number of benzene rings is 2. The molecule has 4 rings (SSSR count). The molecule has 2 heterocycles. The summed E-state index contributed by atoms with van der Waals surface area (Å²) in [6, 6.07) is 7.06. The summed E-state index contributed by atoms with van der Waals surface area (Å²) in [6.07, 6.45) is 1.10. The van der Waals surface area contributed by atoms with Crippen molar-refractivity contribution in [1.82, 2.24) is 14.8 Å². The fraction of sp³-hybridized carbons (Fsp3) is 0.150. The van der Waals surface area contributed by atoms with Crippen LogP contribution in [-0.4, -0.2) is 20.5 Å². The molecule has 0 amide bonds. The predicted octanol–water partition coefficient (Wildman–Crippen LogP) is 3.50. The van der Waals surface area contributed by atoms with Gasteiger partial charge in [-0.25, -0.2) is 13.2 Å². The highest BCUT2D eigenvalue weighted by Crippen LogP contribution is 2.22. The van der Waals surface area contributed by atoms with Crippen molar-refractivity contribution in [1.29, 1.82) is 0 Å². The molecule has 0 radical (unpaired) electrons. The number of Topliss-reactive ketones (excluding diaryl/α,β-unsaturated/α-hetero) is 1. The van der Waals surface area contributed by atoms with Crippen molar-refractivity contribution in [2.24, 2.45) is 0 Å². The number of H-pyrrole nitrogens is 1. The quantitative estimate of drug-likeness (QED) is 0.572. The summed E-state index contributed by atoms with van der Waals surface area (Å²) >= 11 is 0. The van der Waals surface area contributed by atoms with Crippen LogP contribution >= 0.6 is 0 Å². The van der Waals surface area contributed by atoms with E-state index in [9.17, 15) is 22.8 Å². The summed E-state index contributed by atoms with van der Waals surface area (Å²) in [7, 11) is 0. The van der Waals surface area contributed by atoms with E-state index < -0.39 is 23.0 Å². The fourth-order valence-electron chi connectivity index (χ4n) is 3.27. The molecular weight excluding hydrogens is 371 g/mol. The lowest BCUT2D eigenvalue weighted by Crippen LogP contribution is -2.22. The second kappa shape index (κ2) is 6.95. The molecule has 0 saturated carbocycles. The Bertz CT molecular complexity index is 1280. The van der Waals surface area contributed by atoms with Gasteiger partial charge in [-0.2, -0.15) is 5.10 Å². The van der Waals surface area contributed by atoms with Crippen molar-refractivity contribution in [3.05, 3.63) is 76.0 Å². The lowest BCUT2D eigenvalue weighted by molar-refractivity contribution is -0.118. The number of carbonyl (C=O) groups is 1. The van der Waals surface area contributed by atoms with Crippen LogP contribution in [0.4, 0.5) is 13.2 Å². The lowest BCUT2D eigenvalue weighted by atomic mass is 10.1. The van der Waals surface area contributed by atoms with Gasteiger partial charge in [-0.1, -0.05) is 6.07 Å². The molecule has 0 bridgehead atoms. The normalized spacial score (nSPS) is 11.4.